The molecule has 0 aliphatic rings. The zero-order valence-electron chi connectivity index (χ0n) is 17.5. The van der Waals surface area contributed by atoms with E-state index in [4.69, 9.17) is 42.1 Å². The van der Waals surface area contributed by atoms with Crippen LogP contribution in [0.3, 0.4) is 0 Å². The van der Waals surface area contributed by atoms with E-state index in [1.165, 1.54) is 59.6 Å². The fourth-order valence-corrected chi connectivity index (χ4v) is 3.10. The van der Waals surface area contributed by atoms with E-state index in [1.54, 1.807) is 0 Å². The number of ketones is 1. The summed E-state index contributed by atoms with van der Waals surface area (Å²) in [6, 6.07) is 4.57. The van der Waals surface area contributed by atoms with Gasteiger partial charge in [0.05, 0.1) is 39.1 Å². The maximum Gasteiger partial charge on any atom is 0.258 e. The number of methoxy groups -OCH3 is 4. The average Bonchev–Trinajstić information content (AvgIpc) is 2.72. The molecule has 0 aliphatic carbocycles. The number of carbonyl (C=O) groups is 2. The number of benzene rings is 2. The molecule has 0 spiro atoms. The second-order valence-electron chi connectivity index (χ2n) is 6.07. The minimum atomic E-state index is -1.45. The molecule has 0 heterocycles. The summed E-state index contributed by atoms with van der Waals surface area (Å²) in [4.78, 5) is 24.9. The lowest BCUT2D eigenvalue weighted by molar-refractivity contribution is -0.126. The summed E-state index contributed by atoms with van der Waals surface area (Å²) in [6.07, 6.45) is 0. The summed E-state index contributed by atoms with van der Waals surface area (Å²) in [7, 11) is 5.69. The molecule has 1 N–H and O–H groups in total. The molecule has 166 valence electrons. The van der Waals surface area contributed by atoms with Crippen LogP contribution in [0.2, 0.25) is 10.0 Å². The monoisotopic (exact) mass is 469 g/mol. The summed E-state index contributed by atoms with van der Waals surface area (Å²) >= 11 is 12.2. The minimum absolute atomic E-state index is 0.188. The molecule has 0 bridgehead atoms. The number of halogens is 2. The lowest BCUT2D eigenvalue weighted by Crippen LogP contribution is -2.32. The molecule has 31 heavy (non-hydrogen) atoms. The number of amides is 1. The number of Topliss-reactive ketones (excluding diaryl/α,β-unsaturated/α-hetero) is 1. The Balaban J connectivity index is 2.38. The normalized spacial score (nSPS) is 11.7. The van der Waals surface area contributed by atoms with E-state index < -0.39 is 17.7 Å². The number of anilines is 1. The van der Waals surface area contributed by atoms with E-state index in [0.717, 1.165) is 0 Å². The summed E-state index contributed by atoms with van der Waals surface area (Å²) < 4.78 is 20.9. The smallest absolute Gasteiger partial charge is 0.258 e. The predicted molar refractivity (Wildman–Crippen MR) is 117 cm³/mol. The van der Waals surface area contributed by atoms with E-state index in [1.807, 2.05) is 0 Å². The van der Waals surface area contributed by atoms with Gasteiger partial charge in [0.15, 0.2) is 23.0 Å². The van der Waals surface area contributed by atoms with Crippen LogP contribution in [0.15, 0.2) is 34.5 Å². The van der Waals surface area contributed by atoms with Gasteiger partial charge in [-0.1, -0.05) is 23.2 Å². The van der Waals surface area contributed by atoms with Crippen LogP contribution >= 0.6 is 23.2 Å². The Bertz CT molecular complexity index is 1010. The van der Waals surface area contributed by atoms with Crippen molar-refractivity contribution in [2.45, 2.75) is 13.0 Å². The molecule has 2 aromatic carbocycles. The molecule has 0 fully saturated rings. The SMILES string of the molecule is COc1cc(Cl)c(OC)c(N=NC(C(C)=O)C(=O)Nc2cc(Cl)cc(OC)c2OC)c1. The average molecular weight is 470 g/mol. The van der Waals surface area contributed by atoms with Gasteiger partial charge < -0.3 is 24.3 Å². The van der Waals surface area contributed by atoms with Crippen LogP contribution in [0.1, 0.15) is 6.92 Å². The number of carbonyl (C=O) groups excluding carboxylic acids is 2. The third-order valence-electron chi connectivity index (χ3n) is 4.05. The fraction of sp³-hybridized carbons (Fsp3) is 0.300. The highest BCUT2D eigenvalue weighted by Gasteiger charge is 2.25. The number of ether oxygens (including phenoxy) is 4. The van der Waals surface area contributed by atoms with Gasteiger partial charge in [-0.15, -0.1) is 0 Å². The van der Waals surface area contributed by atoms with Crippen LogP contribution in [0, 0.1) is 0 Å². The Morgan fingerprint density at radius 3 is 2.16 bits per heavy atom. The van der Waals surface area contributed by atoms with Crippen molar-refractivity contribution >= 4 is 46.3 Å². The van der Waals surface area contributed by atoms with Gasteiger partial charge in [-0.3, -0.25) is 9.59 Å². The Hall–Kier alpha value is -3.04. The molecule has 0 radical (unpaired) electrons. The first kappa shape index (κ1) is 24.2. The maximum absolute atomic E-state index is 12.8. The van der Waals surface area contributed by atoms with Gasteiger partial charge in [-0.05, 0) is 13.0 Å². The molecule has 2 aromatic rings. The molecule has 1 unspecified atom stereocenters. The molecule has 1 amide bonds. The highest BCUT2D eigenvalue weighted by molar-refractivity contribution is 6.32. The van der Waals surface area contributed by atoms with Gasteiger partial charge in [0.25, 0.3) is 5.91 Å². The van der Waals surface area contributed by atoms with E-state index in [2.05, 4.69) is 15.5 Å². The first-order chi connectivity index (χ1) is 14.7. The van der Waals surface area contributed by atoms with Crippen LogP contribution in [-0.4, -0.2) is 46.2 Å². The van der Waals surface area contributed by atoms with Gasteiger partial charge in [-0.2, -0.15) is 10.2 Å². The quantitative estimate of drug-likeness (QED) is 0.420. The maximum atomic E-state index is 12.8. The van der Waals surface area contributed by atoms with Gasteiger partial charge in [-0.25, -0.2) is 0 Å². The predicted octanol–water partition coefficient (Wildman–Crippen LogP) is 4.71. The highest BCUT2D eigenvalue weighted by atomic mass is 35.5. The van der Waals surface area contributed by atoms with Crippen LogP contribution in [0.4, 0.5) is 11.4 Å². The van der Waals surface area contributed by atoms with Crippen molar-refractivity contribution in [1.29, 1.82) is 0 Å². The Labute approximate surface area is 189 Å². The van der Waals surface area contributed by atoms with E-state index in [-0.39, 0.29) is 27.9 Å². The largest absolute Gasteiger partial charge is 0.497 e. The van der Waals surface area contributed by atoms with Gasteiger partial charge in [0.2, 0.25) is 6.04 Å². The van der Waals surface area contributed by atoms with Gasteiger partial charge in [0, 0.05) is 23.2 Å². The topological polar surface area (TPSA) is 108 Å². The van der Waals surface area contributed by atoms with Gasteiger partial charge in [0.1, 0.15) is 11.4 Å². The van der Waals surface area contributed by atoms with Crippen molar-refractivity contribution in [1.82, 2.24) is 0 Å². The molecule has 0 aliphatic heterocycles. The summed E-state index contributed by atoms with van der Waals surface area (Å²) in [5, 5.41) is 11.0. The zero-order chi connectivity index (χ0) is 23.1. The molecular formula is C20H21Cl2N3O6. The van der Waals surface area contributed by atoms with E-state index in [9.17, 15) is 9.59 Å². The molecule has 0 aromatic heterocycles. The summed E-state index contributed by atoms with van der Waals surface area (Å²) in [5.74, 6) is -0.119. The van der Waals surface area contributed by atoms with Crippen molar-refractivity contribution < 1.29 is 28.5 Å². The molecule has 1 atom stereocenters. The second-order valence-corrected chi connectivity index (χ2v) is 6.91. The fourth-order valence-electron chi connectivity index (χ4n) is 2.61. The van der Waals surface area contributed by atoms with E-state index >= 15 is 0 Å². The van der Waals surface area contributed by atoms with E-state index in [0.29, 0.717) is 16.5 Å². The molecule has 9 nitrogen and oxygen atoms in total. The molecule has 0 saturated heterocycles. The van der Waals surface area contributed by atoms with Crippen LogP contribution < -0.4 is 24.3 Å². The highest BCUT2D eigenvalue weighted by Crippen LogP contribution is 2.40. The van der Waals surface area contributed by atoms with Crippen molar-refractivity contribution in [3.8, 4) is 23.0 Å². The summed E-state index contributed by atoms with van der Waals surface area (Å²) in [6.45, 7) is 1.22. The number of hydrogen-bond donors (Lipinski definition) is 1. The Kier molecular flexibility index (Phi) is 8.47. The van der Waals surface area contributed by atoms with Crippen LogP contribution in [-0.2, 0) is 9.59 Å². The van der Waals surface area contributed by atoms with Gasteiger partial charge >= 0.3 is 0 Å². The number of azo groups is 1. The van der Waals surface area contributed by atoms with Crippen molar-refractivity contribution in [3.63, 3.8) is 0 Å². The molecule has 11 heteroatoms. The Morgan fingerprint density at radius 1 is 0.935 bits per heavy atom. The number of nitrogens with one attached hydrogen (secondary N) is 1. The third-order valence-corrected chi connectivity index (χ3v) is 4.55. The first-order valence-electron chi connectivity index (χ1n) is 8.80. The van der Waals surface area contributed by atoms with Crippen LogP contribution in [0.25, 0.3) is 0 Å². The van der Waals surface area contributed by atoms with Crippen molar-refractivity contribution in [3.05, 3.63) is 34.3 Å². The lowest BCUT2D eigenvalue weighted by atomic mass is 10.2. The number of hydrogen-bond acceptors (Lipinski definition) is 8. The molecular weight excluding hydrogens is 449 g/mol. The molecule has 0 saturated carbocycles. The standard InChI is InChI=1S/C20H21Cl2N3O6/c1-10(26)17(25-24-15-9-12(28-2)8-13(22)18(15)30-4)20(27)23-14-6-11(21)7-16(29-3)19(14)31-5/h6-9,17H,1-5H3,(H,23,27). The lowest BCUT2D eigenvalue weighted by Gasteiger charge is -2.15. The van der Waals surface area contributed by atoms with Crippen molar-refractivity contribution in [2.75, 3.05) is 33.8 Å². The van der Waals surface area contributed by atoms with Crippen LogP contribution in [0.5, 0.6) is 23.0 Å². The number of rotatable bonds is 9. The zero-order valence-corrected chi connectivity index (χ0v) is 19.0. The second kappa shape index (κ2) is 10.8. The minimum Gasteiger partial charge on any atom is -0.497 e. The third kappa shape index (κ3) is 5.77. The first-order valence-corrected chi connectivity index (χ1v) is 9.56. The number of nitrogens with zero attached hydrogens (tertiary/aromatic N) is 2. The molecule has 2 rings (SSSR count). The summed E-state index contributed by atoms with van der Waals surface area (Å²) in [5.41, 5.74) is 0.396. The van der Waals surface area contributed by atoms with Crippen molar-refractivity contribution in [2.24, 2.45) is 10.2 Å². The Morgan fingerprint density at radius 2 is 1.61 bits per heavy atom.